The molecule has 7 heteroatoms. The maximum atomic E-state index is 12.5. The number of hydrogen-bond donors (Lipinski definition) is 1. The topological polar surface area (TPSA) is 49.4 Å². The van der Waals surface area contributed by atoms with Crippen LogP contribution in [0.3, 0.4) is 0 Å². The van der Waals surface area contributed by atoms with E-state index in [2.05, 4.69) is 34.9 Å². The highest BCUT2D eigenvalue weighted by atomic mass is 32.2. The van der Waals surface area contributed by atoms with Gasteiger partial charge in [-0.1, -0.05) is 20.8 Å². The fourth-order valence-electron chi connectivity index (χ4n) is 2.54. The van der Waals surface area contributed by atoms with E-state index in [-0.39, 0.29) is 6.04 Å². The van der Waals surface area contributed by atoms with Crippen LogP contribution in [0, 0.1) is 0 Å². The standard InChI is InChI=1S/C16H24N2O2S3/c1-4-14-7-8-16(22-14)23(19,20)17-11-15(18(5-2)6-3)13-9-10-21-12-13/h7-10,12,15,17H,4-6,11H2,1-3H3. The number of rotatable bonds is 9. The fourth-order valence-corrected chi connectivity index (χ4v) is 5.62. The minimum Gasteiger partial charge on any atom is -0.296 e. The van der Waals surface area contributed by atoms with Gasteiger partial charge in [0.15, 0.2) is 0 Å². The molecule has 2 heterocycles. The van der Waals surface area contributed by atoms with Gasteiger partial charge in [-0.05, 0) is 54.0 Å². The molecule has 128 valence electrons. The van der Waals surface area contributed by atoms with Gasteiger partial charge in [0.1, 0.15) is 4.21 Å². The van der Waals surface area contributed by atoms with Crippen LogP contribution in [0.1, 0.15) is 37.3 Å². The summed E-state index contributed by atoms with van der Waals surface area (Å²) < 4.78 is 28.2. The zero-order valence-electron chi connectivity index (χ0n) is 13.8. The first-order valence-electron chi connectivity index (χ1n) is 7.86. The molecule has 2 aromatic heterocycles. The van der Waals surface area contributed by atoms with Crippen LogP contribution in [0.2, 0.25) is 0 Å². The van der Waals surface area contributed by atoms with E-state index < -0.39 is 10.0 Å². The third-order valence-corrected chi connectivity index (χ3v) is 7.74. The van der Waals surface area contributed by atoms with E-state index >= 15 is 0 Å². The molecule has 0 aliphatic carbocycles. The second kappa shape index (κ2) is 8.39. The van der Waals surface area contributed by atoms with Crippen LogP contribution in [-0.2, 0) is 16.4 Å². The predicted octanol–water partition coefficient (Wildman–Crippen LogP) is 3.73. The molecule has 0 aliphatic rings. The second-order valence-electron chi connectivity index (χ2n) is 5.22. The molecule has 0 fully saturated rings. The van der Waals surface area contributed by atoms with E-state index in [4.69, 9.17) is 0 Å². The lowest BCUT2D eigenvalue weighted by Gasteiger charge is -2.29. The average molecular weight is 373 g/mol. The van der Waals surface area contributed by atoms with Crippen molar-refractivity contribution in [1.82, 2.24) is 9.62 Å². The van der Waals surface area contributed by atoms with E-state index in [9.17, 15) is 8.42 Å². The lowest BCUT2D eigenvalue weighted by atomic mass is 10.1. The normalized spacial score (nSPS) is 13.6. The zero-order valence-corrected chi connectivity index (χ0v) is 16.2. The summed E-state index contributed by atoms with van der Waals surface area (Å²) in [4.78, 5) is 3.36. The van der Waals surface area contributed by atoms with Crippen LogP contribution < -0.4 is 4.72 Å². The molecular weight excluding hydrogens is 348 g/mol. The number of aryl methyl sites for hydroxylation is 1. The third-order valence-electron chi connectivity index (χ3n) is 3.90. The van der Waals surface area contributed by atoms with Gasteiger partial charge in [0.05, 0.1) is 0 Å². The van der Waals surface area contributed by atoms with Gasteiger partial charge >= 0.3 is 0 Å². The molecule has 0 saturated carbocycles. The molecule has 0 bridgehead atoms. The van der Waals surface area contributed by atoms with Gasteiger partial charge in [-0.2, -0.15) is 11.3 Å². The van der Waals surface area contributed by atoms with Gasteiger partial charge in [0.2, 0.25) is 10.0 Å². The van der Waals surface area contributed by atoms with Gasteiger partial charge in [-0.3, -0.25) is 4.90 Å². The Morgan fingerprint density at radius 1 is 1.17 bits per heavy atom. The highest BCUT2D eigenvalue weighted by molar-refractivity contribution is 7.91. The summed E-state index contributed by atoms with van der Waals surface area (Å²) in [5.74, 6) is 0. The Morgan fingerprint density at radius 3 is 2.43 bits per heavy atom. The average Bonchev–Trinajstić information content (AvgIpc) is 3.22. The van der Waals surface area contributed by atoms with E-state index in [1.165, 1.54) is 16.9 Å². The van der Waals surface area contributed by atoms with Crippen molar-refractivity contribution in [2.75, 3.05) is 19.6 Å². The van der Waals surface area contributed by atoms with Crippen molar-refractivity contribution in [1.29, 1.82) is 0 Å². The van der Waals surface area contributed by atoms with Crippen LogP contribution in [0.4, 0.5) is 0 Å². The fraction of sp³-hybridized carbons (Fsp3) is 0.500. The molecule has 1 unspecified atom stereocenters. The Balaban J connectivity index is 2.14. The van der Waals surface area contributed by atoms with Crippen molar-refractivity contribution >= 4 is 32.7 Å². The van der Waals surface area contributed by atoms with Gasteiger partial charge in [-0.25, -0.2) is 13.1 Å². The van der Waals surface area contributed by atoms with E-state index in [1.807, 2.05) is 18.4 Å². The quantitative estimate of drug-likeness (QED) is 0.729. The first-order chi connectivity index (χ1) is 11.0. The summed E-state index contributed by atoms with van der Waals surface area (Å²) >= 11 is 2.99. The highest BCUT2D eigenvalue weighted by Crippen LogP contribution is 2.25. The molecule has 0 spiro atoms. The number of likely N-dealkylation sites (N-methyl/N-ethyl adjacent to an activating group) is 1. The minimum absolute atomic E-state index is 0.0663. The number of nitrogens with one attached hydrogen (secondary N) is 1. The highest BCUT2D eigenvalue weighted by Gasteiger charge is 2.23. The summed E-state index contributed by atoms with van der Waals surface area (Å²) in [7, 11) is -3.44. The number of thiophene rings is 2. The van der Waals surface area contributed by atoms with Crippen molar-refractivity contribution < 1.29 is 8.42 Å². The minimum atomic E-state index is -3.44. The molecule has 0 saturated heterocycles. The molecule has 0 amide bonds. The first-order valence-corrected chi connectivity index (χ1v) is 11.1. The maximum Gasteiger partial charge on any atom is 0.250 e. The summed E-state index contributed by atoms with van der Waals surface area (Å²) in [6.45, 7) is 8.40. The molecule has 2 aromatic rings. The van der Waals surface area contributed by atoms with Crippen LogP contribution >= 0.6 is 22.7 Å². The van der Waals surface area contributed by atoms with Gasteiger partial charge in [0.25, 0.3) is 0 Å². The summed E-state index contributed by atoms with van der Waals surface area (Å²) in [6, 6.07) is 5.72. The molecule has 4 nitrogen and oxygen atoms in total. The summed E-state index contributed by atoms with van der Waals surface area (Å²) in [5.41, 5.74) is 1.17. The number of hydrogen-bond acceptors (Lipinski definition) is 5. The van der Waals surface area contributed by atoms with Crippen molar-refractivity contribution in [3.05, 3.63) is 39.4 Å². The van der Waals surface area contributed by atoms with Crippen molar-refractivity contribution in [3.8, 4) is 0 Å². The second-order valence-corrected chi connectivity index (χ2v) is 9.16. The van der Waals surface area contributed by atoms with E-state index in [1.54, 1.807) is 17.4 Å². The maximum absolute atomic E-state index is 12.5. The van der Waals surface area contributed by atoms with Gasteiger partial charge in [-0.15, -0.1) is 11.3 Å². The smallest absolute Gasteiger partial charge is 0.250 e. The summed E-state index contributed by atoms with van der Waals surface area (Å²) in [6.07, 6.45) is 0.858. The molecule has 23 heavy (non-hydrogen) atoms. The molecule has 2 rings (SSSR count). The largest absolute Gasteiger partial charge is 0.296 e. The SMILES string of the molecule is CCc1ccc(S(=O)(=O)NCC(c2ccsc2)N(CC)CC)s1. The summed E-state index contributed by atoms with van der Waals surface area (Å²) in [5, 5.41) is 4.13. The lowest BCUT2D eigenvalue weighted by Crippen LogP contribution is -2.37. The van der Waals surface area contributed by atoms with Crippen molar-refractivity contribution in [2.45, 2.75) is 37.4 Å². The Morgan fingerprint density at radius 2 is 1.91 bits per heavy atom. The molecule has 0 aromatic carbocycles. The van der Waals surface area contributed by atoms with Crippen LogP contribution in [0.15, 0.2) is 33.2 Å². The van der Waals surface area contributed by atoms with Gasteiger partial charge < -0.3 is 0 Å². The first kappa shape index (κ1) is 18.6. The molecule has 1 N–H and O–H groups in total. The molecular formula is C16H24N2O2S3. The zero-order chi connectivity index (χ0) is 16.9. The third kappa shape index (κ3) is 4.64. The van der Waals surface area contributed by atoms with E-state index in [0.29, 0.717) is 10.8 Å². The van der Waals surface area contributed by atoms with E-state index in [0.717, 1.165) is 24.4 Å². The Labute approximate surface area is 147 Å². The predicted molar refractivity (Wildman–Crippen MR) is 98.9 cm³/mol. The number of sulfonamides is 1. The van der Waals surface area contributed by atoms with Crippen molar-refractivity contribution in [2.24, 2.45) is 0 Å². The van der Waals surface area contributed by atoms with Crippen molar-refractivity contribution in [3.63, 3.8) is 0 Å². The van der Waals surface area contributed by atoms with Crippen LogP contribution in [0.5, 0.6) is 0 Å². The van der Waals surface area contributed by atoms with Gasteiger partial charge in [0, 0.05) is 17.5 Å². The Hall–Kier alpha value is -0.730. The lowest BCUT2D eigenvalue weighted by molar-refractivity contribution is 0.220. The molecule has 0 radical (unpaired) electrons. The number of nitrogens with zero attached hydrogens (tertiary/aromatic N) is 1. The Kier molecular flexibility index (Phi) is 6.79. The molecule has 1 atom stereocenters. The monoisotopic (exact) mass is 372 g/mol. The van der Waals surface area contributed by atoms with Crippen LogP contribution in [0.25, 0.3) is 0 Å². The van der Waals surface area contributed by atoms with Crippen LogP contribution in [-0.4, -0.2) is 33.0 Å². The Bertz CT molecular complexity index is 689. The molecule has 0 aliphatic heterocycles.